The third-order valence-corrected chi connectivity index (χ3v) is 0.402. The maximum absolute atomic E-state index is 10.1. The Morgan fingerprint density at radius 3 is 2.88 bits per heavy atom. The lowest BCUT2D eigenvalue weighted by Crippen LogP contribution is -2.11. The van der Waals surface area contributed by atoms with Crippen LogP contribution in [0.5, 0.6) is 0 Å². The molecule has 0 radical (unpaired) electrons. The van der Waals surface area contributed by atoms with E-state index in [1.165, 1.54) is 19.2 Å². The number of nitrogens with one attached hydrogen (secondary N) is 1. The minimum atomic E-state index is -0.178. The van der Waals surface area contributed by atoms with Crippen LogP contribution in [0.3, 0.4) is 0 Å². The average molecular weight is 112 g/mol. The molecule has 0 aliphatic carbocycles. The summed E-state index contributed by atoms with van der Waals surface area (Å²) in [6.45, 7) is 4.75. The molecule has 0 aliphatic heterocycles. The Morgan fingerprint density at radius 1 is 1.88 bits per heavy atom. The highest BCUT2D eigenvalue weighted by molar-refractivity contribution is 5.76. The number of rotatable bonds is 2. The molecule has 0 saturated carbocycles. The quantitative estimate of drug-likeness (QED) is 0.405. The first-order chi connectivity index (χ1) is 3.77. The van der Waals surface area contributed by atoms with Crippen LogP contribution in [-0.2, 0) is 4.79 Å². The van der Waals surface area contributed by atoms with Crippen LogP contribution in [0.1, 0.15) is 6.92 Å². The molecule has 0 rings (SSSR count). The summed E-state index contributed by atoms with van der Waals surface area (Å²) in [5.41, 5.74) is 2.21. The minimum Gasteiger partial charge on any atom is -0.274 e. The van der Waals surface area contributed by atoms with Gasteiger partial charge in [-0.1, -0.05) is 6.58 Å². The molecule has 8 heavy (non-hydrogen) atoms. The van der Waals surface area contributed by atoms with Gasteiger partial charge in [0.25, 0.3) is 0 Å². The molecule has 0 spiro atoms. The Hall–Kier alpha value is -1.12. The van der Waals surface area contributed by atoms with Crippen LogP contribution in [0, 0.1) is 0 Å². The summed E-state index contributed by atoms with van der Waals surface area (Å²) in [5, 5.41) is 3.45. The molecule has 0 heterocycles. The molecule has 0 aliphatic rings. The zero-order valence-electron chi connectivity index (χ0n) is 4.72. The molecule has 1 amide bonds. The van der Waals surface area contributed by atoms with Gasteiger partial charge in [-0.25, -0.2) is 5.43 Å². The van der Waals surface area contributed by atoms with Gasteiger partial charge in [-0.05, 0) is 6.08 Å². The lowest BCUT2D eigenvalue weighted by molar-refractivity contribution is -0.118. The van der Waals surface area contributed by atoms with Gasteiger partial charge < -0.3 is 0 Å². The molecule has 0 aromatic carbocycles. The van der Waals surface area contributed by atoms with Gasteiger partial charge in [0.1, 0.15) is 0 Å². The van der Waals surface area contributed by atoms with E-state index in [1.54, 1.807) is 0 Å². The van der Waals surface area contributed by atoms with Crippen LogP contribution in [0.15, 0.2) is 17.8 Å². The predicted octanol–water partition coefficient (Wildman–Crippen LogP) is 0.294. The number of nitrogens with zero attached hydrogens (tertiary/aromatic N) is 1. The highest BCUT2D eigenvalue weighted by Crippen LogP contribution is 1.59. The molecular weight excluding hydrogens is 104 g/mol. The van der Waals surface area contributed by atoms with Crippen molar-refractivity contribution in [2.45, 2.75) is 6.92 Å². The van der Waals surface area contributed by atoms with Gasteiger partial charge in [0.05, 0.1) is 0 Å². The molecule has 0 saturated heterocycles. The topological polar surface area (TPSA) is 41.5 Å². The van der Waals surface area contributed by atoms with Gasteiger partial charge in [0.15, 0.2) is 0 Å². The Balaban J connectivity index is 3.29. The molecule has 44 valence electrons. The summed E-state index contributed by atoms with van der Waals surface area (Å²) in [6.07, 6.45) is 2.89. The van der Waals surface area contributed by atoms with Crippen LogP contribution in [0.4, 0.5) is 0 Å². The van der Waals surface area contributed by atoms with Crippen molar-refractivity contribution in [2.75, 3.05) is 0 Å². The molecule has 3 nitrogen and oxygen atoms in total. The first kappa shape index (κ1) is 6.88. The Kier molecular flexibility index (Phi) is 3.48. The number of carbonyl (C=O) groups excluding carboxylic acids is 1. The number of hydrogen-bond acceptors (Lipinski definition) is 2. The summed E-state index contributed by atoms with van der Waals surface area (Å²) >= 11 is 0. The van der Waals surface area contributed by atoms with Gasteiger partial charge in [-0.2, -0.15) is 5.10 Å². The van der Waals surface area contributed by atoms with Gasteiger partial charge >= 0.3 is 0 Å². The van der Waals surface area contributed by atoms with E-state index in [9.17, 15) is 4.79 Å². The highest BCUT2D eigenvalue weighted by Gasteiger charge is 1.78. The molecule has 0 bridgehead atoms. The van der Waals surface area contributed by atoms with E-state index in [2.05, 4.69) is 17.1 Å². The predicted molar refractivity (Wildman–Crippen MR) is 32.5 cm³/mol. The summed E-state index contributed by atoms with van der Waals surface area (Å²) in [7, 11) is 0. The maximum atomic E-state index is 10.1. The summed E-state index contributed by atoms with van der Waals surface area (Å²) in [4.78, 5) is 10.1. The third-order valence-electron chi connectivity index (χ3n) is 0.402. The van der Waals surface area contributed by atoms with E-state index in [-0.39, 0.29) is 5.91 Å². The largest absolute Gasteiger partial charge is 0.274 e. The van der Waals surface area contributed by atoms with E-state index >= 15 is 0 Å². The van der Waals surface area contributed by atoms with E-state index in [4.69, 9.17) is 0 Å². The van der Waals surface area contributed by atoms with Crippen molar-refractivity contribution in [1.29, 1.82) is 0 Å². The molecule has 0 aromatic rings. The molecule has 0 atom stereocenters. The molecule has 1 N–H and O–H groups in total. The summed E-state index contributed by atoms with van der Waals surface area (Å²) in [6, 6.07) is 0. The number of amides is 1. The van der Waals surface area contributed by atoms with Crippen molar-refractivity contribution in [3.8, 4) is 0 Å². The normalized spacial score (nSPS) is 9.12. The summed E-state index contributed by atoms with van der Waals surface area (Å²) in [5.74, 6) is -0.178. The van der Waals surface area contributed by atoms with Crippen LogP contribution in [0.2, 0.25) is 0 Å². The minimum absolute atomic E-state index is 0.178. The van der Waals surface area contributed by atoms with Crippen molar-refractivity contribution < 1.29 is 4.79 Å². The van der Waals surface area contributed by atoms with Gasteiger partial charge in [0.2, 0.25) is 5.91 Å². The highest BCUT2D eigenvalue weighted by atomic mass is 16.2. The van der Waals surface area contributed by atoms with Crippen LogP contribution in [-0.4, -0.2) is 12.1 Å². The first-order valence-electron chi connectivity index (χ1n) is 2.18. The SMILES string of the molecule is C=C/C=N/NC(C)=O. The van der Waals surface area contributed by atoms with Gasteiger partial charge in [0, 0.05) is 13.1 Å². The first-order valence-corrected chi connectivity index (χ1v) is 2.18. The Labute approximate surface area is 48.1 Å². The standard InChI is InChI=1S/C5H8N2O/c1-3-4-6-7-5(2)8/h3-4H,1H2,2H3,(H,7,8)/b6-4+. The van der Waals surface area contributed by atoms with E-state index < -0.39 is 0 Å². The molecular formula is C5H8N2O. The number of hydrazone groups is 1. The lowest BCUT2D eigenvalue weighted by Gasteiger charge is -1.85. The monoisotopic (exact) mass is 112 g/mol. The zero-order valence-corrected chi connectivity index (χ0v) is 4.72. The van der Waals surface area contributed by atoms with Crippen molar-refractivity contribution in [3.05, 3.63) is 12.7 Å². The van der Waals surface area contributed by atoms with Gasteiger partial charge in [-0.15, -0.1) is 0 Å². The van der Waals surface area contributed by atoms with Crippen molar-refractivity contribution in [3.63, 3.8) is 0 Å². The second-order valence-corrected chi connectivity index (χ2v) is 1.18. The lowest BCUT2D eigenvalue weighted by atomic mass is 10.7. The van der Waals surface area contributed by atoms with E-state index in [0.717, 1.165) is 0 Å². The van der Waals surface area contributed by atoms with Crippen molar-refractivity contribution in [2.24, 2.45) is 5.10 Å². The fourth-order valence-electron chi connectivity index (χ4n) is 0.181. The molecule has 3 heteroatoms. The molecule has 0 unspecified atom stereocenters. The van der Waals surface area contributed by atoms with Crippen molar-refractivity contribution in [1.82, 2.24) is 5.43 Å². The molecule has 0 aromatic heterocycles. The molecule has 0 fully saturated rings. The third kappa shape index (κ3) is 4.88. The Morgan fingerprint density at radius 2 is 2.50 bits per heavy atom. The van der Waals surface area contributed by atoms with E-state index in [1.807, 2.05) is 0 Å². The van der Waals surface area contributed by atoms with E-state index in [0.29, 0.717) is 0 Å². The number of allylic oxidation sites excluding steroid dienone is 1. The summed E-state index contributed by atoms with van der Waals surface area (Å²) < 4.78 is 0. The van der Waals surface area contributed by atoms with Crippen LogP contribution < -0.4 is 5.43 Å². The van der Waals surface area contributed by atoms with Crippen molar-refractivity contribution >= 4 is 12.1 Å². The fourth-order valence-corrected chi connectivity index (χ4v) is 0.181. The number of carbonyl (C=O) groups is 1. The average Bonchev–Trinajstić information content (AvgIpc) is 1.66. The maximum Gasteiger partial charge on any atom is 0.236 e. The van der Waals surface area contributed by atoms with Gasteiger partial charge in [-0.3, -0.25) is 4.79 Å². The second kappa shape index (κ2) is 4.05. The fraction of sp³-hybridized carbons (Fsp3) is 0.200. The zero-order chi connectivity index (χ0) is 6.41. The second-order valence-electron chi connectivity index (χ2n) is 1.18. The van der Waals surface area contributed by atoms with Crippen LogP contribution in [0.25, 0.3) is 0 Å². The smallest absolute Gasteiger partial charge is 0.236 e. The number of hydrogen-bond donors (Lipinski definition) is 1. The van der Waals surface area contributed by atoms with Crippen LogP contribution >= 0.6 is 0 Å². The Bertz CT molecular complexity index is 118.